The van der Waals surface area contributed by atoms with Crippen LogP contribution in [0.15, 0.2) is 59.6 Å². The Morgan fingerprint density at radius 1 is 1.10 bits per heavy atom. The minimum Gasteiger partial charge on any atom is -0.496 e. The van der Waals surface area contributed by atoms with Crippen LogP contribution in [0.2, 0.25) is 0 Å². The summed E-state index contributed by atoms with van der Waals surface area (Å²) in [6, 6.07) is 17.1. The molecule has 0 heterocycles. The van der Waals surface area contributed by atoms with Crippen molar-refractivity contribution in [3.05, 3.63) is 65.7 Å². The molecule has 0 saturated carbocycles. The summed E-state index contributed by atoms with van der Waals surface area (Å²) in [5, 5.41) is 3.23. The summed E-state index contributed by atoms with van der Waals surface area (Å²) < 4.78 is 29.9. The highest BCUT2D eigenvalue weighted by molar-refractivity contribution is 14.0. The highest BCUT2D eigenvalue weighted by Gasteiger charge is 2.13. The van der Waals surface area contributed by atoms with Crippen molar-refractivity contribution in [2.24, 2.45) is 4.99 Å². The molecule has 29 heavy (non-hydrogen) atoms. The molecular weight excluding hydrogens is 501 g/mol. The Morgan fingerprint density at radius 3 is 2.41 bits per heavy atom. The number of hydrogen-bond acceptors (Lipinski definition) is 4. The molecule has 0 unspecified atom stereocenters. The molecule has 0 spiro atoms. The number of sulfone groups is 1. The van der Waals surface area contributed by atoms with Crippen LogP contribution in [-0.2, 0) is 22.1 Å². The van der Waals surface area contributed by atoms with Crippen LogP contribution in [0.5, 0.6) is 5.75 Å². The van der Waals surface area contributed by atoms with Gasteiger partial charge in [0.1, 0.15) is 5.75 Å². The number of para-hydroxylation sites is 1. The smallest absolute Gasteiger partial charge is 0.193 e. The van der Waals surface area contributed by atoms with E-state index in [1.807, 2.05) is 66.5 Å². The van der Waals surface area contributed by atoms with Crippen molar-refractivity contribution < 1.29 is 13.2 Å². The van der Waals surface area contributed by atoms with Gasteiger partial charge in [0.2, 0.25) is 0 Å². The Balaban J connectivity index is 0.00000420. The van der Waals surface area contributed by atoms with E-state index < -0.39 is 9.84 Å². The summed E-state index contributed by atoms with van der Waals surface area (Å²) in [5.41, 5.74) is 1.88. The van der Waals surface area contributed by atoms with Crippen LogP contribution in [0.1, 0.15) is 17.5 Å². The number of halogens is 1. The summed E-state index contributed by atoms with van der Waals surface area (Å²) in [7, 11) is 2.18. The summed E-state index contributed by atoms with van der Waals surface area (Å²) in [6.07, 6.45) is 0.524. The highest BCUT2D eigenvalue weighted by Crippen LogP contribution is 2.18. The van der Waals surface area contributed by atoms with E-state index >= 15 is 0 Å². The average Bonchev–Trinajstić information content (AvgIpc) is 2.68. The molecule has 0 saturated heterocycles. The van der Waals surface area contributed by atoms with E-state index in [1.165, 1.54) is 0 Å². The quantitative estimate of drug-likeness (QED) is 0.233. The van der Waals surface area contributed by atoms with Crippen molar-refractivity contribution in [3.63, 3.8) is 0 Å². The lowest BCUT2D eigenvalue weighted by atomic mass is 10.2. The molecule has 2 rings (SSSR count). The monoisotopic (exact) mass is 531 g/mol. The lowest BCUT2D eigenvalue weighted by molar-refractivity contribution is 0.396. The minimum absolute atomic E-state index is 0. The maximum absolute atomic E-state index is 12.3. The van der Waals surface area contributed by atoms with E-state index in [0.717, 1.165) is 16.9 Å². The largest absolute Gasteiger partial charge is 0.496 e. The van der Waals surface area contributed by atoms with Crippen molar-refractivity contribution in [2.45, 2.75) is 18.7 Å². The number of benzene rings is 2. The van der Waals surface area contributed by atoms with Crippen LogP contribution in [0.25, 0.3) is 0 Å². The summed E-state index contributed by atoms with van der Waals surface area (Å²) >= 11 is 0. The number of aliphatic imine (C=N–C) groups is 1. The lowest BCUT2D eigenvalue weighted by Gasteiger charge is -2.23. The Kier molecular flexibility index (Phi) is 11.0. The minimum atomic E-state index is -3.13. The number of methoxy groups -OCH3 is 1. The van der Waals surface area contributed by atoms with Crippen molar-refractivity contribution in [1.82, 2.24) is 10.2 Å². The van der Waals surface area contributed by atoms with Crippen LogP contribution < -0.4 is 10.1 Å². The molecule has 160 valence electrons. The summed E-state index contributed by atoms with van der Waals surface area (Å²) in [6.45, 7) is 1.17. The lowest BCUT2D eigenvalue weighted by Crippen LogP contribution is -2.39. The predicted molar refractivity (Wildman–Crippen MR) is 130 cm³/mol. The van der Waals surface area contributed by atoms with Crippen molar-refractivity contribution >= 4 is 39.8 Å². The normalized spacial score (nSPS) is 11.5. The van der Waals surface area contributed by atoms with E-state index in [2.05, 4.69) is 10.3 Å². The molecule has 0 aromatic heterocycles. The van der Waals surface area contributed by atoms with E-state index in [-0.39, 0.29) is 35.5 Å². The standard InChI is InChI=1S/C21H29N3O3S.HI/c1-22-21(24(2)16-19-12-7-8-13-20(19)27-3)23-14-9-15-28(25,26)17-18-10-5-4-6-11-18;/h4-8,10-13H,9,14-17H2,1-3H3,(H,22,23);1H. The van der Waals surface area contributed by atoms with Crippen molar-refractivity contribution in [2.75, 3.05) is 33.5 Å². The SMILES string of the molecule is CN=C(NCCCS(=O)(=O)Cc1ccccc1)N(C)Cc1ccccc1OC.I. The van der Waals surface area contributed by atoms with Gasteiger partial charge in [-0.2, -0.15) is 0 Å². The molecule has 6 nitrogen and oxygen atoms in total. The summed E-state index contributed by atoms with van der Waals surface area (Å²) in [5.74, 6) is 1.77. The molecule has 0 fully saturated rings. The second-order valence-corrected chi connectivity index (χ2v) is 8.76. The Morgan fingerprint density at radius 2 is 1.76 bits per heavy atom. The fraction of sp³-hybridized carbons (Fsp3) is 0.381. The zero-order valence-corrected chi connectivity index (χ0v) is 20.3. The molecule has 0 bridgehead atoms. The predicted octanol–water partition coefficient (Wildman–Crippen LogP) is 3.33. The van der Waals surface area contributed by atoms with Gasteiger partial charge in [0.05, 0.1) is 18.6 Å². The molecule has 2 aromatic rings. The molecule has 0 aliphatic carbocycles. The van der Waals surface area contributed by atoms with Gasteiger partial charge in [0, 0.05) is 32.7 Å². The van der Waals surface area contributed by atoms with Crippen LogP contribution >= 0.6 is 24.0 Å². The van der Waals surface area contributed by atoms with Gasteiger partial charge < -0.3 is 15.0 Å². The van der Waals surface area contributed by atoms with Crippen molar-refractivity contribution in [1.29, 1.82) is 0 Å². The highest BCUT2D eigenvalue weighted by atomic mass is 127. The Hall–Kier alpha value is -1.81. The molecule has 0 atom stereocenters. The van der Waals surface area contributed by atoms with Gasteiger partial charge in [-0.1, -0.05) is 48.5 Å². The topological polar surface area (TPSA) is 71.0 Å². The third-order valence-electron chi connectivity index (χ3n) is 4.32. The van der Waals surface area contributed by atoms with Crippen LogP contribution in [0, 0.1) is 0 Å². The number of nitrogens with zero attached hydrogens (tertiary/aromatic N) is 2. The van der Waals surface area contributed by atoms with E-state index in [4.69, 9.17) is 4.74 Å². The first kappa shape index (κ1) is 25.2. The van der Waals surface area contributed by atoms with E-state index in [9.17, 15) is 8.42 Å². The maximum atomic E-state index is 12.3. The van der Waals surface area contributed by atoms with Gasteiger partial charge in [0.15, 0.2) is 15.8 Å². The molecule has 8 heteroatoms. The molecule has 0 aliphatic heterocycles. The second kappa shape index (κ2) is 12.7. The van der Waals surface area contributed by atoms with Crippen LogP contribution in [0.4, 0.5) is 0 Å². The third kappa shape index (κ3) is 8.61. The molecular formula is C21H30IN3O3S. The fourth-order valence-electron chi connectivity index (χ4n) is 2.94. The molecule has 0 radical (unpaired) electrons. The molecule has 0 amide bonds. The second-order valence-electron chi connectivity index (χ2n) is 6.57. The number of guanidine groups is 1. The first-order chi connectivity index (χ1) is 13.4. The molecule has 2 aromatic carbocycles. The average molecular weight is 531 g/mol. The molecule has 1 N–H and O–H groups in total. The van der Waals surface area contributed by atoms with Gasteiger partial charge in [-0.15, -0.1) is 24.0 Å². The van der Waals surface area contributed by atoms with Crippen LogP contribution in [-0.4, -0.2) is 52.8 Å². The van der Waals surface area contributed by atoms with Crippen molar-refractivity contribution in [3.8, 4) is 5.75 Å². The number of rotatable bonds is 9. The Labute approximate surface area is 191 Å². The van der Waals surface area contributed by atoms with E-state index in [0.29, 0.717) is 25.5 Å². The van der Waals surface area contributed by atoms with Gasteiger partial charge in [-0.3, -0.25) is 4.99 Å². The van der Waals surface area contributed by atoms with Gasteiger partial charge in [0.25, 0.3) is 0 Å². The van der Waals surface area contributed by atoms with E-state index in [1.54, 1.807) is 14.2 Å². The van der Waals surface area contributed by atoms with Gasteiger partial charge in [-0.25, -0.2) is 8.42 Å². The first-order valence-corrected chi connectivity index (χ1v) is 11.1. The zero-order chi connectivity index (χ0) is 20.4. The third-order valence-corrected chi connectivity index (χ3v) is 6.00. The first-order valence-electron chi connectivity index (χ1n) is 9.23. The Bertz CT molecular complexity index is 874. The van der Waals surface area contributed by atoms with Gasteiger partial charge in [-0.05, 0) is 18.1 Å². The maximum Gasteiger partial charge on any atom is 0.193 e. The number of ether oxygens (including phenoxy) is 1. The summed E-state index contributed by atoms with van der Waals surface area (Å²) in [4.78, 5) is 6.27. The van der Waals surface area contributed by atoms with Crippen LogP contribution in [0.3, 0.4) is 0 Å². The van der Waals surface area contributed by atoms with Gasteiger partial charge >= 0.3 is 0 Å². The zero-order valence-electron chi connectivity index (χ0n) is 17.2. The number of hydrogen-bond donors (Lipinski definition) is 1. The molecule has 0 aliphatic rings. The number of nitrogens with one attached hydrogen (secondary N) is 1. The fourth-order valence-corrected chi connectivity index (χ4v) is 4.37.